The third kappa shape index (κ3) is 8.03. The first kappa shape index (κ1) is 31.8. The van der Waals surface area contributed by atoms with Gasteiger partial charge in [-0.1, -0.05) is 95.3 Å². The van der Waals surface area contributed by atoms with Crippen LogP contribution in [0.5, 0.6) is 51.7 Å². The molecule has 0 saturated heterocycles. The van der Waals surface area contributed by atoms with Gasteiger partial charge in [0.15, 0.2) is 31.5 Å². The molecule has 7 rings (SSSR count). The van der Waals surface area contributed by atoms with Crippen molar-refractivity contribution in [2.75, 3.05) is 0 Å². The van der Waals surface area contributed by atoms with E-state index >= 15 is 0 Å². The Bertz CT molecular complexity index is 2140. The van der Waals surface area contributed by atoms with Crippen LogP contribution in [-0.4, -0.2) is 18.1 Å². The predicted octanol–water partition coefficient (Wildman–Crippen LogP) is 11.0. The summed E-state index contributed by atoms with van der Waals surface area (Å²) in [5.41, 5.74) is 0. The molecule has 0 amide bonds. The molecular weight excluding hydrogens is 679 g/mol. The van der Waals surface area contributed by atoms with E-state index in [1.165, 1.54) is 6.07 Å². The molecule has 0 aliphatic carbocycles. The molecule has 6 aromatic carbocycles. The van der Waals surface area contributed by atoms with Crippen molar-refractivity contribution in [3.8, 4) is 51.7 Å². The summed E-state index contributed by atoms with van der Waals surface area (Å²) in [7, 11) is -3.42. The zero-order valence-corrected chi connectivity index (χ0v) is 28.4. The normalized spacial score (nSPS) is 11.4. The van der Waals surface area contributed by atoms with Gasteiger partial charge in [-0.15, -0.1) is 4.51 Å². The van der Waals surface area contributed by atoms with E-state index in [1.807, 2.05) is 127 Å². The Hall–Kier alpha value is -5.78. The molecule has 10 nitrogen and oxygen atoms in total. The van der Waals surface area contributed by atoms with Crippen LogP contribution in [0.25, 0.3) is 0 Å². The number of ether oxygens (including phenoxy) is 2. The SMILES string of the molecule is Oc1ccc(Op2npn(Oc3ccccc3)p(Oc3ccccc3)n2Oc2ccccc2)c(Oc2ccccc2)c1Oc1ccccc1. The number of phenols is 1. The summed E-state index contributed by atoms with van der Waals surface area (Å²) in [4.78, 5) is 12.8. The summed E-state index contributed by atoms with van der Waals surface area (Å²) >= 11 is 0. The average Bonchev–Trinajstić information content (AvgIpc) is 3.15. The molecule has 2 unspecified atom stereocenters. The molecule has 1 N–H and O–H groups in total. The van der Waals surface area contributed by atoms with Crippen LogP contribution in [0.2, 0.25) is 0 Å². The van der Waals surface area contributed by atoms with Crippen molar-refractivity contribution in [2.24, 2.45) is 0 Å². The van der Waals surface area contributed by atoms with E-state index in [-0.39, 0.29) is 23.0 Å². The quantitative estimate of drug-likeness (QED) is 0.134. The summed E-state index contributed by atoms with van der Waals surface area (Å²) in [5.74, 6) is 3.09. The number of benzene rings is 6. The summed E-state index contributed by atoms with van der Waals surface area (Å²) < 4.78 is 33.8. The van der Waals surface area contributed by atoms with Gasteiger partial charge in [-0.3, -0.25) is 0 Å². The first-order valence-electron chi connectivity index (χ1n) is 15.0. The minimum absolute atomic E-state index is 0.0736. The lowest BCUT2D eigenvalue weighted by Gasteiger charge is -2.22. The maximum absolute atomic E-state index is 11.0. The molecule has 2 atom stereocenters. The van der Waals surface area contributed by atoms with Gasteiger partial charge in [0.1, 0.15) is 17.2 Å². The first-order valence-corrected chi connectivity index (χ1v) is 18.1. The van der Waals surface area contributed by atoms with E-state index in [1.54, 1.807) is 38.8 Å². The Morgan fingerprint density at radius 3 is 1.51 bits per heavy atom. The van der Waals surface area contributed by atoms with Crippen molar-refractivity contribution in [1.29, 1.82) is 0 Å². The minimum atomic E-state index is -1.96. The lowest BCUT2D eigenvalue weighted by atomic mass is 10.2. The van der Waals surface area contributed by atoms with Crippen molar-refractivity contribution in [3.05, 3.63) is 164 Å². The third-order valence-electron chi connectivity index (χ3n) is 6.58. The van der Waals surface area contributed by atoms with Gasteiger partial charge in [0.25, 0.3) is 0 Å². The fourth-order valence-electron chi connectivity index (χ4n) is 4.34. The number of hydrogen-bond acceptors (Lipinski definition) is 8. The Morgan fingerprint density at radius 2 is 0.959 bits per heavy atom. The van der Waals surface area contributed by atoms with Gasteiger partial charge in [0.05, 0.1) is 0 Å². The van der Waals surface area contributed by atoms with E-state index in [2.05, 4.69) is 0 Å². The smallest absolute Gasteiger partial charge is 0.319 e. The molecule has 0 bridgehead atoms. The number of nitrogens with zero attached hydrogens (tertiary/aromatic N) is 3. The predicted molar refractivity (Wildman–Crippen MR) is 190 cm³/mol. The van der Waals surface area contributed by atoms with E-state index < -0.39 is 16.2 Å². The molecule has 0 fully saturated rings. The van der Waals surface area contributed by atoms with Gasteiger partial charge in [0.2, 0.25) is 11.5 Å². The highest BCUT2D eigenvalue weighted by atomic mass is 31.2. The van der Waals surface area contributed by atoms with Gasteiger partial charge in [-0.25, -0.2) is 0 Å². The van der Waals surface area contributed by atoms with E-state index in [9.17, 15) is 5.11 Å². The average molecular weight is 708 g/mol. The van der Waals surface area contributed by atoms with Crippen LogP contribution in [0.15, 0.2) is 164 Å². The molecule has 244 valence electrons. The van der Waals surface area contributed by atoms with Crippen LogP contribution >= 0.6 is 24.7 Å². The summed E-state index contributed by atoms with van der Waals surface area (Å²) in [6.07, 6.45) is 0. The van der Waals surface area contributed by atoms with Crippen molar-refractivity contribution in [3.63, 3.8) is 0 Å². The molecule has 0 saturated carbocycles. The number of aromatic hydroxyl groups is 1. The second-order valence-electron chi connectivity index (χ2n) is 10.1. The van der Waals surface area contributed by atoms with Crippen LogP contribution in [0, 0.1) is 0 Å². The maximum Gasteiger partial charge on any atom is 0.319 e. The Balaban J connectivity index is 1.37. The first-order chi connectivity index (χ1) is 24.2. The second-order valence-corrected chi connectivity index (χ2v) is 14.4. The second kappa shape index (κ2) is 15.4. The Morgan fingerprint density at radius 1 is 0.490 bits per heavy atom. The number of para-hydroxylation sites is 5. The van der Waals surface area contributed by atoms with Gasteiger partial charge in [-0.2, -0.15) is 0 Å². The summed E-state index contributed by atoms with van der Waals surface area (Å²) in [6.45, 7) is 0. The third-order valence-corrected chi connectivity index (χ3v) is 11.2. The standard InChI is InChI=1S/C36H28N3O7P3/c40-33-26-27-34(36(42-29-18-8-2-9-19-29)35(33)41-28-16-6-1-7-17-28)46-48-37-47-38(43-30-20-10-3-11-21-30)49(45-32-24-14-5-15-25-32)39(48)44-31-22-12-4-13-23-31/h1-27,40H. The lowest BCUT2D eigenvalue weighted by Crippen LogP contribution is -2.14. The molecule has 0 aliphatic heterocycles. The van der Waals surface area contributed by atoms with Crippen LogP contribution < -0.4 is 28.2 Å². The monoisotopic (exact) mass is 707 g/mol. The minimum Gasteiger partial charge on any atom is -0.504 e. The van der Waals surface area contributed by atoms with Crippen molar-refractivity contribution in [2.45, 2.75) is 0 Å². The largest absolute Gasteiger partial charge is 0.504 e. The molecule has 49 heavy (non-hydrogen) atoms. The van der Waals surface area contributed by atoms with E-state index in [0.717, 1.165) is 0 Å². The number of phenolic OH excluding ortho intramolecular Hbond substituents is 1. The number of hydrogen-bond donors (Lipinski definition) is 1. The van der Waals surface area contributed by atoms with E-state index in [4.69, 9.17) is 32.7 Å². The van der Waals surface area contributed by atoms with Gasteiger partial charge < -0.3 is 33.3 Å². The van der Waals surface area contributed by atoms with E-state index in [0.29, 0.717) is 37.3 Å². The highest BCUT2D eigenvalue weighted by Gasteiger charge is 2.25. The molecular formula is C36H28N3O7P3. The highest BCUT2D eigenvalue weighted by Crippen LogP contribution is 2.51. The highest BCUT2D eigenvalue weighted by molar-refractivity contribution is 7.56. The Labute approximate surface area is 285 Å². The number of rotatable bonds is 12. The summed E-state index contributed by atoms with van der Waals surface area (Å²) in [5, 5.41) is 11.0. The number of aromatic nitrogens is 3. The lowest BCUT2D eigenvalue weighted by molar-refractivity contribution is 0.232. The van der Waals surface area contributed by atoms with Gasteiger partial charge in [-0.05, 0) is 77.1 Å². The van der Waals surface area contributed by atoms with Crippen LogP contribution in [0.1, 0.15) is 0 Å². The van der Waals surface area contributed by atoms with Gasteiger partial charge in [0, 0.05) is 0 Å². The summed E-state index contributed by atoms with van der Waals surface area (Å²) in [6, 6.07) is 49.5. The van der Waals surface area contributed by atoms with Crippen molar-refractivity contribution < 1.29 is 33.3 Å². The molecule has 0 radical (unpaired) electrons. The Kier molecular flexibility index (Phi) is 10.0. The van der Waals surface area contributed by atoms with Crippen LogP contribution in [-0.2, 0) is 0 Å². The fourth-order valence-corrected chi connectivity index (χ4v) is 9.30. The van der Waals surface area contributed by atoms with Crippen molar-refractivity contribution >= 4 is 24.7 Å². The topological polar surface area (TPSA) is 98.4 Å². The molecule has 0 aliphatic rings. The van der Waals surface area contributed by atoms with Crippen molar-refractivity contribution in [1.82, 2.24) is 13.0 Å². The van der Waals surface area contributed by atoms with Gasteiger partial charge >= 0.3 is 16.2 Å². The molecule has 1 heterocycles. The zero-order chi connectivity index (χ0) is 33.3. The molecule has 1 aromatic heterocycles. The molecule has 13 heteroatoms. The molecule has 7 aromatic rings. The van der Waals surface area contributed by atoms with Crippen LogP contribution in [0.4, 0.5) is 0 Å². The fraction of sp³-hybridized carbons (Fsp3) is 0. The van der Waals surface area contributed by atoms with Crippen LogP contribution in [0.3, 0.4) is 0 Å². The molecule has 0 spiro atoms. The zero-order valence-electron chi connectivity index (χ0n) is 25.7. The maximum atomic E-state index is 11.0.